The summed E-state index contributed by atoms with van der Waals surface area (Å²) in [5, 5.41) is 0. The number of hydrogen-bond acceptors (Lipinski definition) is 0. The van der Waals surface area contributed by atoms with Gasteiger partial charge in [0.1, 0.15) is 0 Å². The second-order valence-corrected chi connectivity index (χ2v) is 5.52. The summed E-state index contributed by atoms with van der Waals surface area (Å²) in [6.07, 6.45) is -0.736. The monoisotopic (exact) mass is 412 g/mol. The fraction of sp³-hybridized carbons (Fsp3) is 1.00. The summed E-state index contributed by atoms with van der Waals surface area (Å²) in [5.74, 6) is -17.4. The van der Waals surface area contributed by atoms with Crippen LogP contribution in [0.1, 0.15) is 39.0 Å². The number of alkyl halides is 9. The smallest absolute Gasteiger partial charge is 0.200 e. The number of halogens is 9. The zero-order valence-electron chi connectivity index (χ0n) is 9.94. The van der Waals surface area contributed by atoms with Crippen LogP contribution in [0.4, 0.5) is 35.1 Å². The zero-order chi connectivity index (χ0) is 15.5. The minimum absolute atomic E-state index is 0.147. The summed E-state index contributed by atoms with van der Waals surface area (Å²) in [5.41, 5.74) is 0. The molecule has 0 rings (SSSR count). The Morgan fingerprint density at radius 3 is 1.58 bits per heavy atom. The van der Waals surface area contributed by atoms with Gasteiger partial charge in [0.25, 0.3) is 0 Å². The van der Waals surface area contributed by atoms with Crippen molar-refractivity contribution in [1.82, 2.24) is 0 Å². The van der Waals surface area contributed by atoms with Crippen LogP contribution < -0.4 is 0 Å². The molecule has 0 radical (unpaired) electrons. The zero-order valence-corrected chi connectivity index (χ0v) is 12.1. The normalized spacial score (nSPS) is 14.8. The highest BCUT2D eigenvalue weighted by atomic mass is 127. The molecular weight excluding hydrogens is 399 g/mol. The van der Waals surface area contributed by atoms with Gasteiger partial charge in [0, 0.05) is 29.0 Å². The van der Waals surface area contributed by atoms with E-state index in [-0.39, 0.29) is 29.0 Å². The molecule has 0 saturated carbocycles. The van der Waals surface area contributed by atoms with Crippen molar-refractivity contribution in [2.45, 2.75) is 60.7 Å². The average molecular weight is 412 g/mol. The van der Waals surface area contributed by atoms with E-state index in [4.69, 9.17) is 0 Å². The van der Waals surface area contributed by atoms with Crippen LogP contribution in [0, 0.1) is 0 Å². The van der Waals surface area contributed by atoms with Crippen LogP contribution in [0.25, 0.3) is 0 Å². The molecule has 0 aromatic rings. The van der Waals surface area contributed by atoms with E-state index in [0.29, 0.717) is 12.8 Å². The fourth-order valence-corrected chi connectivity index (χ4v) is 1.68. The van der Waals surface area contributed by atoms with E-state index >= 15 is 0 Å². The lowest BCUT2D eigenvalue weighted by Gasteiger charge is -2.34. The molecule has 0 amide bonds. The van der Waals surface area contributed by atoms with Gasteiger partial charge in [-0.25, -0.2) is 0 Å². The van der Waals surface area contributed by atoms with Gasteiger partial charge in [-0.3, -0.25) is 0 Å². The third kappa shape index (κ3) is 4.07. The van der Waals surface area contributed by atoms with E-state index in [2.05, 4.69) is 0 Å². The maximum Gasteiger partial charge on any atom is 0.387 e. The second kappa shape index (κ2) is 6.30. The average Bonchev–Trinajstić information content (AvgIpc) is 2.22. The SMILES string of the molecule is CCCCCCC(F)(F)C(F)(F)C(F)(F)C(F)(F)I. The molecule has 9 heteroatoms. The highest BCUT2D eigenvalue weighted by Gasteiger charge is 2.79. The van der Waals surface area contributed by atoms with Gasteiger partial charge in [-0.05, 0) is 6.42 Å². The third-order valence-corrected chi connectivity index (χ3v) is 3.23. The number of hydrogen-bond donors (Lipinski definition) is 0. The van der Waals surface area contributed by atoms with Gasteiger partial charge < -0.3 is 0 Å². The van der Waals surface area contributed by atoms with Crippen LogP contribution in [-0.2, 0) is 0 Å². The Balaban J connectivity index is 4.96. The summed E-state index contributed by atoms with van der Waals surface area (Å²) in [6.45, 7) is 1.73. The molecule has 116 valence electrons. The van der Waals surface area contributed by atoms with Crippen molar-refractivity contribution in [3.63, 3.8) is 0 Å². The van der Waals surface area contributed by atoms with E-state index in [1.165, 1.54) is 0 Å². The maximum absolute atomic E-state index is 13.1. The minimum Gasteiger partial charge on any atom is -0.200 e. The Labute approximate surface area is 119 Å². The van der Waals surface area contributed by atoms with Crippen molar-refractivity contribution < 1.29 is 35.1 Å². The van der Waals surface area contributed by atoms with Crippen molar-refractivity contribution in [3.8, 4) is 0 Å². The Bertz CT molecular complexity index is 284. The predicted molar refractivity (Wildman–Crippen MR) is 62.6 cm³/mol. The summed E-state index contributed by atoms with van der Waals surface area (Å²) in [4.78, 5) is 0. The van der Waals surface area contributed by atoms with Crippen LogP contribution in [0.2, 0.25) is 0 Å². The number of unbranched alkanes of at least 4 members (excludes halogenated alkanes) is 3. The lowest BCUT2D eigenvalue weighted by atomic mass is 9.98. The van der Waals surface area contributed by atoms with Gasteiger partial charge >= 0.3 is 21.7 Å². The molecule has 0 aliphatic heterocycles. The molecule has 0 aromatic carbocycles. The molecule has 0 aliphatic rings. The Hall–Kier alpha value is 0.170. The van der Waals surface area contributed by atoms with Crippen LogP contribution in [0.15, 0.2) is 0 Å². The van der Waals surface area contributed by atoms with Gasteiger partial charge in [0.05, 0.1) is 0 Å². The molecule has 0 aromatic heterocycles. The molecular formula is C10H13F8I. The van der Waals surface area contributed by atoms with Gasteiger partial charge in [-0.15, -0.1) is 0 Å². The summed E-state index contributed by atoms with van der Waals surface area (Å²) in [7, 11) is 0. The maximum atomic E-state index is 13.1. The van der Waals surface area contributed by atoms with Crippen molar-refractivity contribution in [2.24, 2.45) is 0 Å². The molecule has 0 N–H and O–H groups in total. The number of rotatable bonds is 8. The van der Waals surface area contributed by atoms with Crippen molar-refractivity contribution in [2.75, 3.05) is 0 Å². The quantitative estimate of drug-likeness (QED) is 0.202. The lowest BCUT2D eigenvalue weighted by molar-refractivity contribution is -0.343. The first-order chi connectivity index (χ1) is 8.31. The minimum atomic E-state index is -6.12. The molecule has 0 bridgehead atoms. The molecule has 0 saturated heterocycles. The first-order valence-corrected chi connectivity index (χ1v) is 6.59. The van der Waals surface area contributed by atoms with E-state index in [0.717, 1.165) is 0 Å². The predicted octanol–water partition coefficient (Wildman–Crippen LogP) is 5.89. The summed E-state index contributed by atoms with van der Waals surface area (Å²) in [6, 6.07) is 0. The summed E-state index contributed by atoms with van der Waals surface area (Å²) >= 11 is -0.261. The first kappa shape index (κ1) is 19.2. The van der Waals surface area contributed by atoms with Crippen molar-refractivity contribution in [3.05, 3.63) is 0 Å². The standard InChI is InChI=1S/C10H13F8I/c1-2-3-4-5-6-7(11,12)8(13,14)9(15,16)10(17,18)19/h2-6H2,1H3. The highest BCUT2D eigenvalue weighted by molar-refractivity contribution is 14.1. The first-order valence-electron chi connectivity index (χ1n) is 5.51. The van der Waals surface area contributed by atoms with Gasteiger partial charge in [-0.2, -0.15) is 35.1 Å². The van der Waals surface area contributed by atoms with Gasteiger partial charge in [0.15, 0.2) is 0 Å². The Morgan fingerprint density at radius 1 is 0.737 bits per heavy atom. The van der Waals surface area contributed by atoms with Gasteiger partial charge in [0.2, 0.25) is 0 Å². The van der Waals surface area contributed by atoms with Crippen LogP contribution in [0.3, 0.4) is 0 Å². The topological polar surface area (TPSA) is 0 Å². The molecule has 0 unspecified atom stereocenters. The highest BCUT2D eigenvalue weighted by Crippen LogP contribution is 2.55. The van der Waals surface area contributed by atoms with E-state index in [1.807, 2.05) is 0 Å². The molecule has 0 nitrogen and oxygen atoms in total. The van der Waals surface area contributed by atoms with Gasteiger partial charge in [-0.1, -0.05) is 26.2 Å². The van der Waals surface area contributed by atoms with Crippen LogP contribution in [0.5, 0.6) is 0 Å². The van der Waals surface area contributed by atoms with Crippen LogP contribution >= 0.6 is 22.6 Å². The third-order valence-electron chi connectivity index (χ3n) is 2.55. The van der Waals surface area contributed by atoms with Crippen LogP contribution in [-0.4, -0.2) is 21.7 Å². The van der Waals surface area contributed by atoms with E-state index in [1.54, 1.807) is 6.92 Å². The van der Waals surface area contributed by atoms with E-state index in [9.17, 15) is 35.1 Å². The molecule has 0 fully saturated rings. The largest absolute Gasteiger partial charge is 0.387 e. The lowest BCUT2D eigenvalue weighted by Crippen LogP contribution is -2.60. The Kier molecular flexibility index (Phi) is 6.35. The van der Waals surface area contributed by atoms with E-state index < -0.39 is 34.5 Å². The van der Waals surface area contributed by atoms with Crippen molar-refractivity contribution in [1.29, 1.82) is 0 Å². The molecule has 0 spiro atoms. The molecule has 0 heterocycles. The van der Waals surface area contributed by atoms with Crippen molar-refractivity contribution >= 4 is 22.6 Å². The summed E-state index contributed by atoms with van der Waals surface area (Å²) < 4.78 is 97.3. The fourth-order valence-electron chi connectivity index (χ4n) is 1.34. The molecule has 19 heavy (non-hydrogen) atoms. The molecule has 0 atom stereocenters. The second-order valence-electron chi connectivity index (χ2n) is 4.16. The Morgan fingerprint density at radius 2 is 1.21 bits per heavy atom. The molecule has 0 aliphatic carbocycles.